The Bertz CT molecular complexity index is 904. The Morgan fingerprint density at radius 2 is 1.79 bits per heavy atom. The minimum atomic E-state index is -4.07. The Balaban J connectivity index is 0.00000288. The monoisotopic (exact) mass is 375 g/mol. The van der Waals surface area contributed by atoms with Crippen molar-refractivity contribution in [1.29, 1.82) is 0 Å². The van der Waals surface area contributed by atoms with E-state index in [1.54, 1.807) is 0 Å². The normalized spacial score (nSPS) is 10.6. The largest absolute Gasteiger partial charge is 0.477 e. The molecule has 0 saturated carbocycles. The lowest BCUT2D eigenvalue weighted by atomic mass is 10.2. The molecule has 0 aliphatic carbocycles. The summed E-state index contributed by atoms with van der Waals surface area (Å²) in [5.74, 6) is -3.18. The highest BCUT2D eigenvalue weighted by molar-refractivity contribution is 7.89. The second-order valence-corrected chi connectivity index (χ2v) is 5.92. The highest BCUT2D eigenvalue weighted by atomic mass is 35.5. The zero-order valence-corrected chi connectivity index (χ0v) is 13.4. The third-order valence-electron chi connectivity index (χ3n) is 2.72. The fraction of sp³-hybridized carbons (Fsp3) is 0. The van der Waals surface area contributed by atoms with Crippen molar-refractivity contribution in [3.05, 3.63) is 53.6 Å². The summed E-state index contributed by atoms with van der Waals surface area (Å²) in [5, 5.41) is 15.8. The zero-order valence-electron chi connectivity index (χ0n) is 11.8. The number of carbonyl (C=O) groups excluding carboxylic acids is 1. The molecule has 0 saturated heterocycles. The minimum Gasteiger partial charge on any atom is -0.477 e. The van der Waals surface area contributed by atoms with Crippen LogP contribution in [-0.2, 0) is 10.0 Å². The Labute approximate surface area is 142 Å². The van der Waals surface area contributed by atoms with Crippen LogP contribution in [0.1, 0.15) is 21.0 Å². The van der Waals surface area contributed by atoms with Crippen molar-refractivity contribution >= 4 is 40.0 Å². The summed E-state index contributed by atoms with van der Waals surface area (Å²) < 4.78 is 36.0. The van der Waals surface area contributed by atoms with E-state index < -0.39 is 32.6 Å². The quantitative estimate of drug-likeness (QED) is 0.734. The van der Waals surface area contributed by atoms with Crippen molar-refractivity contribution < 1.29 is 27.5 Å². The summed E-state index contributed by atoms with van der Waals surface area (Å²) in [6, 6.07) is 6.46. The molecule has 0 spiro atoms. The van der Waals surface area contributed by atoms with E-state index in [0.29, 0.717) is 6.07 Å². The van der Waals surface area contributed by atoms with Crippen LogP contribution in [0.4, 0.5) is 10.1 Å². The van der Waals surface area contributed by atoms with Gasteiger partial charge in [0.15, 0.2) is 0 Å². The molecular weight excluding hydrogens is 365 g/mol. The van der Waals surface area contributed by atoms with E-state index in [1.165, 1.54) is 18.2 Å². The lowest BCUT2D eigenvalue weighted by molar-refractivity contribution is 0.0690. The number of carboxylic acid groups (broad SMARTS) is 1. The number of halogens is 2. The topological polar surface area (TPSA) is 139 Å². The SMILES string of the molecule is Cl.NS(=O)(=O)c1ccc(NC(=O)c2cccc(C(=O)O)n2)c(F)c1. The molecule has 11 heteroatoms. The van der Waals surface area contributed by atoms with Crippen LogP contribution in [0, 0.1) is 5.82 Å². The molecule has 1 aromatic carbocycles. The molecule has 4 N–H and O–H groups in total. The van der Waals surface area contributed by atoms with Crippen LogP contribution in [0.25, 0.3) is 0 Å². The van der Waals surface area contributed by atoms with Gasteiger partial charge in [-0.15, -0.1) is 12.4 Å². The maximum absolute atomic E-state index is 13.8. The molecule has 0 aliphatic heterocycles. The average molecular weight is 376 g/mol. The third-order valence-corrected chi connectivity index (χ3v) is 3.63. The second kappa shape index (κ2) is 7.34. The minimum absolute atomic E-state index is 0. The Hall–Kier alpha value is -2.56. The summed E-state index contributed by atoms with van der Waals surface area (Å²) >= 11 is 0. The lowest BCUT2D eigenvalue weighted by Crippen LogP contribution is -2.17. The number of aromatic nitrogens is 1. The number of nitrogens with one attached hydrogen (secondary N) is 1. The van der Waals surface area contributed by atoms with Crippen LogP contribution >= 0.6 is 12.4 Å². The van der Waals surface area contributed by atoms with Crippen LogP contribution < -0.4 is 10.5 Å². The first-order chi connectivity index (χ1) is 10.7. The van der Waals surface area contributed by atoms with Gasteiger partial charge in [0.2, 0.25) is 10.0 Å². The van der Waals surface area contributed by atoms with E-state index in [0.717, 1.165) is 12.1 Å². The fourth-order valence-electron chi connectivity index (χ4n) is 1.64. The number of carboxylic acids is 1. The van der Waals surface area contributed by atoms with Gasteiger partial charge in [-0.1, -0.05) is 6.07 Å². The summed E-state index contributed by atoms with van der Waals surface area (Å²) in [6.45, 7) is 0. The number of nitrogens with two attached hydrogens (primary N) is 1. The number of amides is 1. The molecule has 0 aliphatic rings. The molecule has 1 amide bonds. The molecule has 0 atom stereocenters. The van der Waals surface area contributed by atoms with Gasteiger partial charge in [-0.25, -0.2) is 27.7 Å². The second-order valence-electron chi connectivity index (χ2n) is 4.35. The number of primary sulfonamides is 1. The van der Waals surface area contributed by atoms with E-state index in [1.807, 2.05) is 0 Å². The standard InChI is InChI=1S/C13H10FN3O5S.ClH/c14-8-6-7(23(15,21)22)4-5-9(8)17-12(18)10-2-1-3-11(16-10)13(19)20;/h1-6H,(H,17,18)(H,19,20)(H2,15,21,22);1H. The van der Waals surface area contributed by atoms with Gasteiger partial charge in [0.25, 0.3) is 5.91 Å². The van der Waals surface area contributed by atoms with E-state index in [2.05, 4.69) is 10.3 Å². The molecule has 8 nitrogen and oxygen atoms in total. The number of carbonyl (C=O) groups is 2. The van der Waals surface area contributed by atoms with Gasteiger partial charge in [0.1, 0.15) is 17.2 Å². The number of sulfonamides is 1. The number of hydrogen-bond donors (Lipinski definition) is 3. The van der Waals surface area contributed by atoms with E-state index in [9.17, 15) is 22.4 Å². The highest BCUT2D eigenvalue weighted by Gasteiger charge is 2.15. The molecule has 24 heavy (non-hydrogen) atoms. The summed E-state index contributed by atoms with van der Waals surface area (Å²) in [5.41, 5.74) is -0.882. The molecule has 0 radical (unpaired) electrons. The smallest absolute Gasteiger partial charge is 0.354 e. The van der Waals surface area contributed by atoms with Gasteiger partial charge < -0.3 is 10.4 Å². The number of rotatable bonds is 4. The van der Waals surface area contributed by atoms with Gasteiger partial charge in [-0.2, -0.15) is 0 Å². The van der Waals surface area contributed by atoms with Crippen LogP contribution in [0.2, 0.25) is 0 Å². The van der Waals surface area contributed by atoms with Gasteiger partial charge in [0, 0.05) is 0 Å². The predicted octanol–water partition coefficient (Wildman–Crippen LogP) is 1.24. The number of anilines is 1. The van der Waals surface area contributed by atoms with E-state index in [4.69, 9.17) is 10.2 Å². The van der Waals surface area contributed by atoms with Crippen LogP contribution in [0.3, 0.4) is 0 Å². The predicted molar refractivity (Wildman–Crippen MR) is 84.2 cm³/mol. The van der Waals surface area contributed by atoms with Crippen LogP contribution in [0.15, 0.2) is 41.3 Å². The van der Waals surface area contributed by atoms with Gasteiger partial charge in [0.05, 0.1) is 10.6 Å². The molecule has 0 fully saturated rings. The van der Waals surface area contributed by atoms with E-state index >= 15 is 0 Å². The average Bonchev–Trinajstić information content (AvgIpc) is 2.48. The molecule has 128 valence electrons. The molecular formula is C13H11ClFN3O5S. The number of benzene rings is 1. The van der Waals surface area contributed by atoms with Crippen molar-refractivity contribution in [2.45, 2.75) is 4.90 Å². The molecule has 2 rings (SSSR count). The Morgan fingerprint density at radius 1 is 1.17 bits per heavy atom. The van der Waals surface area contributed by atoms with Gasteiger partial charge in [-0.05, 0) is 30.3 Å². The number of pyridine rings is 1. The van der Waals surface area contributed by atoms with Gasteiger partial charge in [-0.3, -0.25) is 4.79 Å². The first-order valence-electron chi connectivity index (χ1n) is 6.02. The van der Waals surface area contributed by atoms with Crippen molar-refractivity contribution in [3.63, 3.8) is 0 Å². The lowest BCUT2D eigenvalue weighted by Gasteiger charge is -2.07. The van der Waals surface area contributed by atoms with Crippen molar-refractivity contribution in [2.75, 3.05) is 5.32 Å². The summed E-state index contributed by atoms with van der Waals surface area (Å²) in [6.07, 6.45) is 0. The zero-order chi connectivity index (χ0) is 17.2. The molecule has 1 heterocycles. The van der Waals surface area contributed by atoms with Crippen LogP contribution in [0.5, 0.6) is 0 Å². The Kier molecular flexibility index (Phi) is 5.96. The molecule has 0 bridgehead atoms. The van der Waals surface area contributed by atoms with Crippen molar-refractivity contribution in [2.24, 2.45) is 5.14 Å². The number of aromatic carboxylic acids is 1. The van der Waals surface area contributed by atoms with Gasteiger partial charge >= 0.3 is 5.97 Å². The first-order valence-corrected chi connectivity index (χ1v) is 7.57. The maximum Gasteiger partial charge on any atom is 0.354 e. The number of hydrogen-bond acceptors (Lipinski definition) is 5. The summed E-state index contributed by atoms with van der Waals surface area (Å²) in [4.78, 5) is 25.9. The third kappa shape index (κ3) is 4.47. The number of nitrogens with zero attached hydrogens (tertiary/aromatic N) is 1. The van der Waals surface area contributed by atoms with E-state index in [-0.39, 0.29) is 29.5 Å². The van der Waals surface area contributed by atoms with Crippen molar-refractivity contribution in [3.8, 4) is 0 Å². The fourth-order valence-corrected chi connectivity index (χ4v) is 2.17. The maximum atomic E-state index is 13.8. The molecule has 1 aromatic heterocycles. The molecule has 0 unspecified atom stereocenters. The van der Waals surface area contributed by atoms with Crippen molar-refractivity contribution in [1.82, 2.24) is 4.98 Å². The summed E-state index contributed by atoms with van der Waals surface area (Å²) in [7, 11) is -4.07. The Morgan fingerprint density at radius 3 is 2.33 bits per heavy atom. The molecule has 2 aromatic rings. The van der Waals surface area contributed by atoms with Crippen LogP contribution in [-0.4, -0.2) is 30.4 Å². The highest BCUT2D eigenvalue weighted by Crippen LogP contribution is 2.18. The first kappa shape index (κ1) is 19.5.